The van der Waals surface area contributed by atoms with Gasteiger partial charge in [0.25, 0.3) is 0 Å². The normalized spacial score (nSPS) is 9.23. The minimum absolute atomic E-state index is 0.0429. The number of benzene rings is 1. The molecular weight excluding hydrogens is 278 g/mol. The van der Waals surface area contributed by atoms with Gasteiger partial charge in [0.05, 0.1) is 16.5 Å². The van der Waals surface area contributed by atoms with Gasteiger partial charge >= 0.3 is 0 Å². The lowest BCUT2D eigenvalue weighted by Crippen LogP contribution is -1.85. The van der Waals surface area contributed by atoms with Gasteiger partial charge < -0.3 is 0 Å². The van der Waals surface area contributed by atoms with Crippen molar-refractivity contribution in [3.05, 3.63) is 33.0 Å². The lowest BCUT2D eigenvalue weighted by molar-refractivity contribution is 0.624. The highest BCUT2D eigenvalue weighted by Gasteiger charge is 2.07. The van der Waals surface area contributed by atoms with Crippen LogP contribution in [0.2, 0.25) is 5.02 Å². The van der Waals surface area contributed by atoms with E-state index in [-0.39, 0.29) is 16.5 Å². The molecule has 4 heteroatoms. The second kappa shape index (κ2) is 4.85. The van der Waals surface area contributed by atoms with Crippen LogP contribution in [0.1, 0.15) is 5.56 Å². The van der Waals surface area contributed by atoms with Crippen LogP contribution in [0.4, 0.5) is 4.39 Å². The molecule has 1 rings (SSSR count). The molecular formula is C9H4BrCl2F. The zero-order chi connectivity index (χ0) is 9.84. The van der Waals surface area contributed by atoms with E-state index in [0.717, 1.165) is 0 Å². The Kier molecular flexibility index (Phi) is 4.05. The van der Waals surface area contributed by atoms with Crippen LogP contribution in [-0.2, 0) is 0 Å². The van der Waals surface area contributed by atoms with Crippen LogP contribution in [0.3, 0.4) is 0 Å². The molecule has 1 aromatic rings. The molecule has 0 radical (unpaired) electrons. The Hall–Kier alpha value is -0.230. The molecule has 1 aromatic carbocycles. The van der Waals surface area contributed by atoms with Crippen LogP contribution in [0, 0.1) is 17.7 Å². The summed E-state index contributed by atoms with van der Waals surface area (Å²) in [5, 5.41) is 0.0429. The summed E-state index contributed by atoms with van der Waals surface area (Å²) >= 11 is 14.1. The Balaban J connectivity index is 3.18. The molecule has 0 amide bonds. The summed E-state index contributed by atoms with van der Waals surface area (Å²) in [4.78, 5) is 0. The third-order valence-electron chi connectivity index (χ3n) is 1.33. The highest BCUT2D eigenvalue weighted by Crippen LogP contribution is 2.26. The number of alkyl halides is 1. The first-order chi connectivity index (χ1) is 6.16. The zero-order valence-corrected chi connectivity index (χ0v) is 9.47. The third kappa shape index (κ3) is 2.60. The van der Waals surface area contributed by atoms with Crippen molar-refractivity contribution in [2.24, 2.45) is 0 Å². The molecule has 0 fully saturated rings. The first-order valence-electron chi connectivity index (χ1n) is 3.35. The standard InChI is InChI=1S/C9H4BrCl2F/c10-7-4-3-6(2-1-5-11)9(13)8(7)12/h3-4H,5H2. The van der Waals surface area contributed by atoms with Gasteiger partial charge in [-0.3, -0.25) is 0 Å². The van der Waals surface area contributed by atoms with Crippen LogP contribution in [0.5, 0.6) is 0 Å². The van der Waals surface area contributed by atoms with Crippen molar-refractivity contribution in [3.63, 3.8) is 0 Å². The monoisotopic (exact) mass is 280 g/mol. The average molecular weight is 282 g/mol. The average Bonchev–Trinajstić information content (AvgIpc) is 2.13. The van der Waals surface area contributed by atoms with Crippen molar-refractivity contribution >= 4 is 39.1 Å². The Morgan fingerprint density at radius 1 is 1.46 bits per heavy atom. The molecule has 0 atom stereocenters. The van der Waals surface area contributed by atoms with Crippen molar-refractivity contribution in [3.8, 4) is 11.8 Å². The summed E-state index contributed by atoms with van der Waals surface area (Å²) < 4.78 is 13.8. The predicted octanol–water partition coefficient (Wildman–Crippen LogP) is 3.83. The Morgan fingerprint density at radius 3 is 2.77 bits per heavy atom. The molecule has 0 aliphatic carbocycles. The lowest BCUT2D eigenvalue weighted by Gasteiger charge is -1.99. The quantitative estimate of drug-likeness (QED) is 0.385. The summed E-state index contributed by atoms with van der Waals surface area (Å²) in [5.74, 6) is 4.78. The Morgan fingerprint density at radius 2 is 2.15 bits per heavy atom. The maximum atomic E-state index is 13.3. The summed E-state index contributed by atoms with van der Waals surface area (Å²) in [6, 6.07) is 3.19. The second-order valence-electron chi connectivity index (χ2n) is 2.16. The first-order valence-corrected chi connectivity index (χ1v) is 5.05. The van der Waals surface area contributed by atoms with Gasteiger partial charge in [0, 0.05) is 4.47 Å². The third-order valence-corrected chi connectivity index (χ3v) is 2.72. The lowest BCUT2D eigenvalue weighted by atomic mass is 10.2. The highest BCUT2D eigenvalue weighted by atomic mass is 79.9. The molecule has 0 bridgehead atoms. The van der Waals surface area contributed by atoms with Crippen molar-refractivity contribution in [2.45, 2.75) is 0 Å². The van der Waals surface area contributed by atoms with Gasteiger partial charge in [0.2, 0.25) is 0 Å². The van der Waals surface area contributed by atoms with Gasteiger partial charge in [-0.1, -0.05) is 23.4 Å². The number of halogens is 4. The van der Waals surface area contributed by atoms with E-state index in [1.807, 2.05) is 0 Å². The molecule has 0 N–H and O–H groups in total. The van der Waals surface area contributed by atoms with E-state index in [1.54, 1.807) is 12.1 Å². The van der Waals surface area contributed by atoms with Crippen molar-refractivity contribution in [2.75, 3.05) is 5.88 Å². The summed E-state index contributed by atoms with van der Waals surface area (Å²) in [6.07, 6.45) is 0. The topological polar surface area (TPSA) is 0 Å². The summed E-state index contributed by atoms with van der Waals surface area (Å²) in [7, 11) is 0. The van der Waals surface area contributed by atoms with Crippen LogP contribution in [0.25, 0.3) is 0 Å². The van der Waals surface area contributed by atoms with E-state index in [2.05, 4.69) is 27.8 Å². The molecule has 0 heterocycles. The highest BCUT2D eigenvalue weighted by molar-refractivity contribution is 9.10. The molecule has 0 nitrogen and oxygen atoms in total. The second-order valence-corrected chi connectivity index (χ2v) is 3.66. The Labute approximate surface area is 94.2 Å². The van der Waals surface area contributed by atoms with Crippen LogP contribution < -0.4 is 0 Å². The van der Waals surface area contributed by atoms with E-state index < -0.39 is 5.82 Å². The zero-order valence-electron chi connectivity index (χ0n) is 6.37. The fraction of sp³-hybridized carbons (Fsp3) is 0.111. The summed E-state index contributed by atoms with van der Waals surface area (Å²) in [5.41, 5.74) is 0.258. The SMILES string of the molecule is Fc1c(C#CCCl)ccc(Br)c1Cl. The number of hydrogen-bond donors (Lipinski definition) is 0. The molecule has 68 valence electrons. The number of hydrogen-bond acceptors (Lipinski definition) is 0. The van der Waals surface area contributed by atoms with Crippen molar-refractivity contribution in [1.82, 2.24) is 0 Å². The van der Waals surface area contributed by atoms with Gasteiger partial charge in [-0.2, -0.15) is 0 Å². The minimum atomic E-state index is -0.520. The van der Waals surface area contributed by atoms with E-state index in [4.69, 9.17) is 23.2 Å². The largest absolute Gasteiger partial charge is 0.204 e. The Bertz CT molecular complexity index is 379. The van der Waals surface area contributed by atoms with E-state index in [9.17, 15) is 4.39 Å². The maximum Gasteiger partial charge on any atom is 0.158 e. The fourth-order valence-electron chi connectivity index (χ4n) is 0.751. The maximum absolute atomic E-state index is 13.3. The molecule has 0 unspecified atom stereocenters. The fourth-order valence-corrected chi connectivity index (χ4v) is 1.29. The molecule has 0 saturated carbocycles. The molecule has 0 aliphatic rings. The first kappa shape index (κ1) is 10.8. The van der Waals surface area contributed by atoms with Gasteiger partial charge in [0.15, 0.2) is 5.82 Å². The van der Waals surface area contributed by atoms with Crippen LogP contribution in [-0.4, -0.2) is 5.88 Å². The van der Waals surface area contributed by atoms with Gasteiger partial charge in [-0.25, -0.2) is 4.39 Å². The smallest absolute Gasteiger partial charge is 0.158 e. The van der Waals surface area contributed by atoms with E-state index in [1.165, 1.54) is 0 Å². The molecule has 13 heavy (non-hydrogen) atoms. The number of rotatable bonds is 0. The molecule has 0 aromatic heterocycles. The van der Waals surface area contributed by atoms with Crippen molar-refractivity contribution < 1.29 is 4.39 Å². The van der Waals surface area contributed by atoms with Gasteiger partial charge in [-0.05, 0) is 28.1 Å². The minimum Gasteiger partial charge on any atom is -0.204 e. The molecule has 0 saturated heterocycles. The van der Waals surface area contributed by atoms with Gasteiger partial charge in [-0.15, -0.1) is 11.6 Å². The van der Waals surface area contributed by atoms with Crippen LogP contribution in [0.15, 0.2) is 16.6 Å². The van der Waals surface area contributed by atoms with Gasteiger partial charge in [0.1, 0.15) is 0 Å². The van der Waals surface area contributed by atoms with E-state index in [0.29, 0.717) is 4.47 Å². The predicted molar refractivity (Wildman–Crippen MR) is 56.7 cm³/mol. The van der Waals surface area contributed by atoms with Crippen LogP contribution >= 0.6 is 39.1 Å². The summed E-state index contributed by atoms with van der Waals surface area (Å²) in [6.45, 7) is 0. The van der Waals surface area contributed by atoms with E-state index >= 15 is 0 Å². The molecule has 0 aliphatic heterocycles. The van der Waals surface area contributed by atoms with Crippen molar-refractivity contribution in [1.29, 1.82) is 0 Å². The molecule has 0 spiro atoms.